The molecule has 0 fully saturated rings. The Bertz CT molecular complexity index is 476. The van der Waals surface area contributed by atoms with Crippen LogP contribution in [0.5, 0.6) is 11.5 Å². The zero-order valence-electron chi connectivity index (χ0n) is 10.3. The maximum Gasteiger partial charge on any atom is 0.163 e. The van der Waals surface area contributed by atoms with Crippen molar-refractivity contribution in [3.63, 3.8) is 0 Å². The van der Waals surface area contributed by atoms with Crippen molar-refractivity contribution < 1.29 is 9.47 Å². The molecule has 0 aromatic heterocycles. The fourth-order valence-electron chi connectivity index (χ4n) is 1.94. The maximum atomic E-state index is 5.56. The topological polar surface area (TPSA) is 42.8 Å². The normalized spacial score (nSPS) is 21.6. The first-order valence-electron chi connectivity index (χ1n) is 6.22. The molecule has 0 saturated heterocycles. The Hall–Kier alpha value is -1.36. The van der Waals surface area contributed by atoms with Gasteiger partial charge < -0.3 is 14.8 Å². The molecule has 4 nitrogen and oxygen atoms in total. The number of benzene rings is 1. The molecule has 5 heteroatoms. The number of rotatable bonds is 2. The third-order valence-corrected chi connectivity index (χ3v) is 4.01. The fraction of sp³-hybridized carbons (Fsp3) is 0.462. The number of ether oxygens (including phenoxy) is 2. The van der Waals surface area contributed by atoms with Gasteiger partial charge in [0.2, 0.25) is 0 Å². The van der Waals surface area contributed by atoms with Crippen LogP contribution in [-0.2, 0) is 0 Å². The highest BCUT2D eigenvalue weighted by Gasteiger charge is 2.17. The summed E-state index contributed by atoms with van der Waals surface area (Å²) in [5.74, 6) is 2.70. The molecule has 0 radical (unpaired) electrons. The molecule has 0 aliphatic carbocycles. The van der Waals surface area contributed by atoms with E-state index >= 15 is 0 Å². The average Bonchev–Trinajstić information content (AvgIpc) is 2.86. The average molecular weight is 264 g/mol. The van der Waals surface area contributed by atoms with Crippen LogP contribution in [0.2, 0.25) is 0 Å². The summed E-state index contributed by atoms with van der Waals surface area (Å²) in [6.45, 7) is 3.41. The second-order valence-electron chi connectivity index (χ2n) is 4.29. The summed E-state index contributed by atoms with van der Waals surface area (Å²) in [7, 11) is 0. The van der Waals surface area contributed by atoms with Gasteiger partial charge >= 0.3 is 0 Å². The van der Waals surface area contributed by atoms with E-state index in [9.17, 15) is 0 Å². The molecule has 0 saturated carbocycles. The highest BCUT2D eigenvalue weighted by atomic mass is 32.2. The highest BCUT2D eigenvalue weighted by Crippen LogP contribution is 2.33. The van der Waals surface area contributed by atoms with Crippen LogP contribution in [0.25, 0.3) is 0 Å². The minimum Gasteiger partial charge on any atom is -0.486 e. The summed E-state index contributed by atoms with van der Waals surface area (Å²) >= 11 is 1.77. The predicted molar refractivity (Wildman–Crippen MR) is 75.0 cm³/mol. The fourth-order valence-corrected chi connectivity index (χ4v) is 3.01. The van der Waals surface area contributed by atoms with Gasteiger partial charge in [-0.1, -0.05) is 18.7 Å². The number of aliphatic imine (C=N–C) groups is 1. The Morgan fingerprint density at radius 2 is 2.17 bits per heavy atom. The van der Waals surface area contributed by atoms with Crippen molar-refractivity contribution in [1.82, 2.24) is 0 Å². The zero-order valence-corrected chi connectivity index (χ0v) is 11.1. The van der Waals surface area contributed by atoms with E-state index in [1.807, 2.05) is 18.2 Å². The van der Waals surface area contributed by atoms with Gasteiger partial charge in [-0.2, -0.15) is 0 Å². The van der Waals surface area contributed by atoms with Crippen molar-refractivity contribution in [3.8, 4) is 11.5 Å². The van der Waals surface area contributed by atoms with Crippen molar-refractivity contribution in [1.29, 1.82) is 0 Å². The lowest BCUT2D eigenvalue weighted by atomic mass is 10.2. The molecule has 0 spiro atoms. The van der Waals surface area contributed by atoms with Crippen LogP contribution in [0.15, 0.2) is 23.2 Å². The smallest absolute Gasteiger partial charge is 0.163 e. The van der Waals surface area contributed by atoms with Gasteiger partial charge in [0.1, 0.15) is 13.2 Å². The Kier molecular flexibility index (Phi) is 3.32. The van der Waals surface area contributed by atoms with Crippen LogP contribution in [-0.4, -0.2) is 30.2 Å². The first-order valence-corrected chi connectivity index (χ1v) is 7.21. The van der Waals surface area contributed by atoms with Crippen molar-refractivity contribution in [3.05, 3.63) is 18.2 Å². The van der Waals surface area contributed by atoms with Gasteiger partial charge in [0.15, 0.2) is 16.7 Å². The summed E-state index contributed by atoms with van der Waals surface area (Å²) in [5.41, 5.74) is 1.00. The lowest BCUT2D eigenvalue weighted by molar-refractivity contribution is 0.171. The molecule has 0 amide bonds. The number of fused-ring (bicyclic) bond motifs is 1. The molecule has 1 aromatic carbocycles. The van der Waals surface area contributed by atoms with E-state index in [4.69, 9.17) is 9.47 Å². The number of nitrogens with one attached hydrogen (secondary N) is 1. The zero-order chi connectivity index (χ0) is 12.4. The van der Waals surface area contributed by atoms with Gasteiger partial charge in [-0.3, -0.25) is 4.99 Å². The summed E-state index contributed by atoms with van der Waals surface area (Å²) in [5, 5.41) is 4.33. The van der Waals surface area contributed by atoms with E-state index in [0.717, 1.165) is 34.5 Å². The lowest BCUT2D eigenvalue weighted by Gasteiger charge is -2.19. The van der Waals surface area contributed by atoms with E-state index in [1.54, 1.807) is 11.8 Å². The second-order valence-corrected chi connectivity index (χ2v) is 5.30. The second kappa shape index (κ2) is 5.10. The lowest BCUT2D eigenvalue weighted by Crippen LogP contribution is -2.15. The van der Waals surface area contributed by atoms with Crippen LogP contribution >= 0.6 is 11.8 Å². The van der Waals surface area contributed by atoms with Crippen molar-refractivity contribution in [2.24, 2.45) is 4.99 Å². The Morgan fingerprint density at radius 1 is 1.33 bits per heavy atom. The molecule has 96 valence electrons. The summed E-state index contributed by atoms with van der Waals surface area (Å²) in [6.07, 6.45) is 1.10. The van der Waals surface area contributed by atoms with E-state index in [1.165, 1.54) is 0 Å². The number of hydrogen-bond acceptors (Lipinski definition) is 5. The Balaban J connectivity index is 1.73. The van der Waals surface area contributed by atoms with Crippen LogP contribution in [0.3, 0.4) is 0 Å². The third kappa shape index (κ3) is 2.41. The molecule has 2 heterocycles. The summed E-state index contributed by atoms with van der Waals surface area (Å²) in [4.78, 5) is 4.61. The Labute approximate surface area is 111 Å². The molecule has 2 aliphatic heterocycles. The molecule has 0 bridgehead atoms. The van der Waals surface area contributed by atoms with Crippen molar-refractivity contribution in [2.75, 3.05) is 24.3 Å². The van der Waals surface area contributed by atoms with E-state index in [2.05, 4.69) is 17.2 Å². The van der Waals surface area contributed by atoms with Crippen molar-refractivity contribution in [2.45, 2.75) is 19.4 Å². The molecular formula is C13H16N2O2S. The molecule has 3 rings (SSSR count). The standard InChI is InChI=1S/C13H16N2O2S/c1-2-9-8-18-13(14-9)15-10-3-4-11-12(7-10)17-6-5-16-11/h3-4,7,9H,2,5-6,8H2,1H3,(H,14,15). The number of anilines is 1. The van der Waals surface area contributed by atoms with Gasteiger partial charge in [0.25, 0.3) is 0 Å². The molecule has 1 atom stereocenters. The minimum atomic E-state index is 0.453. The molecule has 18 heavy (non-hydrogen) atoms. The number of nitrogens with zero attached hydrogens (tertiary/aromatic N) is 1. The number of thioether (sulfide) groups is 1. The van der Waals surface area contributed by atoms with Crippen molar-refractivity contribution >= 4 is 22.6 Å². The molecule has 1 aromatic rings. The molecule has 1 unspecified atom stereocenters. The van der Waals surface area contributed by atoms with Gasteiger partial charge in [-0.25, -0.2) is 0 Å². The molecule has 2 aliphatic rings. The monoisotopic (exact) mass is 264 g/mol. The van der Waals surface area contributed by atoms with Gasteiger partial charge in [0, 0.05) is 17.5 Å². The first kappa shape index (κ1) is 11.7. The molecule has 1 N–H and O–H groups in total. The third-order valence-electron chi connectivity index (χ3n) is 2.98. The van der Waals surface area contributed by atoms with Gasteiger partial charge in [0.05, 0.1) is 6.04 Å². The SMILES string of the molecule is CCC1CSC(Nc2ccc3c(c2)OCCO3)=N1. The molecular weight excluding hydrogens is 248 g/mol. The van der Waals surface area contributed by atoms with E-state index in [0.29, 0.717) is 19.3 Å². The maximum absolute atomic E-state index is 5.56. The summed E-state index contributed by atoms with van der Waals surface area (Å²) < 4.78 is 11.1. The number of hydrogen-bond donors (Lipinski definition) is 1. The van der Waals surface area contributed by atoms with E-state index in [-0.39, 0.29) is 0 Å². The largest absolute Gasteiger partial charge is 0.486 e. The van der Waals surface area contributed by atoms with Gasteiger partial charge in [-0.05, 0) is 18.6 Å². The van der Waals surface area contributed by atoms with Crippen LogP contribution in [0.1, 0.15) is 13.3 Å². The quantitative estimate of drug-likeness (QED) is 0.892. The van der Waals surface area contributed by atoms with Crippen LogP contribution < -0.4 is 14.8 Å². The predicted octanol–water partition coefficient (Wildman–Crippen LogP) is 2.75. The van der Waals surface area contributed by atoms with Crippen LogP contribution in [0, 0.1) is 0 Å². The Morgan fingerprint density at radius 3 is 2.94 bits per heavy atom. The highest BCUT2D eigenvalue weighted by molar-refractivity contribution is 8.14. The minimum absolute atomic E-state index is 0.453. The first-order chi connectivity index (χ1) is 8.85. The van der Waals surface area contributed by atoms with E-state index < -0.39 is 0 Å². The van der Waals surface area contributed by atoms with Gasteiger partial charge in [-0.15, -0.1) is 0 Å². The number of amidine groups is 1. The van der Waals surface area contributed by atoms with Crippen LogP contribution in [0.4, 0.5) is 5.69 Å². The summed E-state index contributed by atoms with van der Waals surface area (Å²) in [6, 6.07) is 6.36.